The average Bonchev–Trinajstić information content (AvgIpc) is 3.05. The van der Waals surface area contributed by atoms with Gasteiger partial charge in [0.25, 0.3) is 10.0 Å². The van der Waals surface area contributed by atoms with Gasteiger partial charge in [0.15, 0.2) is 0 Å². The van der Waals surface area contributed by atoms with Gasteiger partial charge in [-0.1, -0.05) is 6.92 Å². The standard InChI is InChI=1S/C13H22N2O3S/c1-4-14-9-11-7-8-12(18-11)19(16,17)15-13(2,3)10-5-6-10/h7-8,10,14-15H,4-6,9H2,1-3H3. The maximum absolute atomic E-state index is 12.2. The van der Waals surface area contributed by atoms with Crippen molar-refractivity contribution in [3.8, 4) is 0 Å². The predicted molar refractivity (Wildman–Crippen MR) is 73.2 cm³/mol. The first-order valence-corrected chi connectivity index (χ1v) is 8.17. The van der Waals surface area contributed by atoms with Crippen LogP contribution in [0, 0.1) is 5.92 Å². The normalized spacial score (nSPS) is 16.8. The van der Waals surface area contributed by atoms with Gasteiger partial charge in [-0.05, 0) is 51.3 Å². The first-order valence-electron chi connectivity index (χ1n) is 6.68. The van der Waals surface area contributed by atoms with Gasteiger partial charge in [-0.15, -0.1) is 0 Å². The number of rotatable bonds is 7. The summed E-state index contributed by atoms with van der Waals surface area (Å²) in [5, 5.41) is 3.09. The SMILES string of the molecule is CCNCc1ccc(S(=O)(=O)NC(C)(C)C2CC2)o1. The van der Waals surface area contributed by atoms with E-state index < -0.39 is 15.6 Å². The highest BCUT2D eigenvalue weighted by molar-refractivity contribution is 7.89. The van der Waals surface area contributed by atoms with E-state index in [0.29, 0.717) is 18.2 Å². The van der Waals surface area contributed by atoms with Gasteiger partial charge >= 0.3 is 0 Å². The molecule has 0 bridgehead atoms. The number of furan rings is 1. The van der Waals surface area contributed by atoms with E-state index in [1.807, 2.05) is 20.8 Å². The minimum Gasteiger partial charge on any atom is -0.447 e. The molecule has 0 radical (unpaired) electrons. The molecule has 2 N–H and O–H groups in total. The van der Waals surface area contributed by atoms with Crippen molar-refractivity contribution in [3.05, 3.63) is 17.9 Å². The lowest BCUT2D eigenvalue weighted by Crippen LogP contribution is -2.44. The third kappa shape index (κ3) is 3.58. The first kappa shape index (κ1) is 14.6. The Morgan fingerprint density at radius 3 is 2.63 bits per heavy atom. The molecule has 1 aromatic rings. The van der Waals surface area contributed by atoms with Crippen LogP contribution < -0.4 is 10.0 Å². The van der Waals surface area contributed by atoms with Crippen LogP contribution in [0.1, 0.15) is 39.4 Å². The van der Waals surface area contributed by atoms with Crippen LogP contribution in [0.5, 0.6) is 0 Å². The molecule has 19 heavy (non-hydrogen) atoms. The molecule has 1 aliphatic carbocycles. The Bertz CT molecular complexity index is 530. The van der Waals surface area contributed by atoms with Crippen LogP contribution in [0.2, 0.25) is 0 Å². The molecule has 0 atom stereocenters. The average molecular weight is 286 g/mol. The van der Waals surface area contributed by atoms with Crippen molar-refractivity contribution in [2.24, 2.45) is 5.92 Å². The zero-order valence-electron chi connectivity index (χ0n) is 11.7. The third-order valence-electron chi connectivity index (χ3n) is 3.45. The number of nitrogens with one attached hydrogen (secondary N) is 2. The fourth-order valence-corrected chi connectivity index (χ4v) is 3.55. The van der Waals surface area contributed by atoms with E-state index >= 15 is 0 Å². The monoisotopic (exact) mass is 286 g/mol. The molecule has 1 saturated carbocycles. The van der Waals surface area contributed by atoms with Crippen molar-refractivity contribution in [3.63, 3.8) is 0 Å². The molecule has 0 saturated heterocycles. The van der Waals surface area contributed by atoms with Gasteiger partial charge < -0.3 is 9.73 Å². The summed E-state index contributed by atoms with van der Waals surface area (Å²) >= 11 is 0. The predicted octanol–water partition coefficient (Wildman–Crippen LogP) is 1.86. The smallest absolute Gasteiger partial charge is 0.274 e. The fraction of sp³-hybridized carbons (Fsp3) is 0.692. The van der Waals surface area contributed by atoms with Crippen LogP contribution in [0.3, 0.4) is 0 Å². The van der Waals surface area contributed by atoms with Gasteiger partial charge in [0, 0.05) is 5.54 Å². The molecule has 1 aromatic heterocycles. The van der Waals surface area contributed by atoms with Crippen LogP contribution in [0.25, 0.3) is 0 Å². The van der Waals surface area contributed by atoms with Gasteiger partial charge in [0.1, 0.15) is 5.76 Å². The maximum atomic E-state index is 12.2. The summed E-state index contributed by atoms with van der Waals surface area (Å²) in [6.07, 6.45) is 2.17. The molecule has 108 valence electrons. The second-order valence-electron chi connectivity index (χ2n) is 5.60. The van der Waals surface area contributed by atoms with Crippen LogP contribution in [-0.2, 0) is 16.6 Å². The lowest BCUT2D eigenvalue weighted by Gasteiger charge is -2.24. The Balaban J connectivity index is 2.08. The zero-order valence-corrected chi connectivity index (χ0v) is 12.5. The molecule has 1 heterocycles. The van der Waals surface area contributed by atoms with Crippen molar-refractivity contribution in [2.45, 2.75) is 50.8 Å². The summed E-state index contributed by atoms with van der Waals surface area (Å²) in [6.45, 7) is 7.18. The topological polar surface area (TPSA) is 71.3 Å². The highest BCUT2D eigenvalue weighted by Crippen LogP contribution is 2.39. The Morgan fingerprint density at radius 1 is 1.37 bits per heavy atom. The Hall–Kier alpha value is -0.850. The quantitative estimate of drug-likeness (QED) is 0.802. The van der Waals surface area contributed by atoms with Crippen LogP contribution in [0.15, 0.2) is 21.6 Å². The molecule has 0 spiro atoms. The van der Waals surface area contributed by atoms with Gasteiger partial charge in [0.05, 0.1) is 6.54 Å². The largest absolute Gasteiger partial charge is 0.447 e. The fourth-order valence-electron chi connectivity index (χ4n) is 2.13. The second-order valence-corrected chi connectivity index (χ2v) is 7.22. The van der Waals surface area contributed by atoms with E-state index in [0.717, 1.165) is 19.4 Å². The van der Waals surface area contributed by atoms with Crippen molar-refractivity contribution in [2.75, 3.05) is 6.54 Å². The summed E-state index contributed by atoms with van der Waals surface area (Å²) in [5.74, 6) is 1.06. The summed E-state index contributed by atoms with van der Waals surface area (Å²) in [4.78, 5) is 0. The molecule has 0 unspecified atom stereocenters. The minimum absolute atomic E-state index is 0.00544. The third-order valence-corrected chi connectivity index (χ3v) is 4.99. The van der Waals surface area contributed by atoms with Gasteiger partial charge in [-0.25, -0.2) is 13.1 Å². The van der Waals surface area contributed by atoms with Crippen molar-refractivity contribution in [1.29, 1.82) is 0 Å². The number of hydrogen-bond acceptors (Lipinski definition) is 4. The van der Waals surface area contributed by atoms with Gasteiger partial charge in [-0.2, -0.15) is 0 Å². The second kappa shape index (κ2) is 5.26. The highest BCUT2D eigenvalue weighted by atomic mass is 32.2. The van der Waals surface area contributed by atoms with Crippen molar-refractivity contribution >= 4 is 10.0 Å². The molecule has 0 aromatic carbocycles. The Morgan fingerprint density at radius 2 is 2.05 bits per heavy atom. The number of hydrogen-bond donors (Lipinski definition) is 2. The first-order chi connectivity index (χ1) is 8.85. The molecular formula is C13H22N2O3S. The highest BCUT2D eigenvalue weighted by Gasteiger charge is 2.41. The van der Waals surface area contributed by atoms with E-state index in [1.54, 1.807) is 6.07 Å². The number of sulfonamides is 1. The van der Waals surface area contributed by atoms with E-state index in [2.05, 4.69) is 10.0 Å². The molecule has 0 aliphatic heterocycles. The van der Waals surface area contributed by atoms with Crippen LogP contribution >= 0.6 is 0 Å². The molecule has 0 amide bonds. The minimum atomic E-state index is -3.57. The zero-order chi connectivity index (χ0) is 14.1. The molecular weight excluding hydrogens is 264 g/mol. The maximum Gasteiger partial charge on any atom is 0.274 e. The van der Waals surface area contributed by atoms with E-state index in [4.69, 9.17) is 4.42 Å². The Kier molecular flexibility index (Phi) is 4.03. The van der Waals surface area contributed by atoms with Gasteiger partial charge in [-0.3, -0.25) is 0 Å². The Labute approximate surface area is 114 Å². The van der Waals surface area contributed by atoms with Gasteiger partial charge in [0.2, 0.25) is 5.09 Å². The van der Waals surface area contributed by atoms with E-state index in [1.165, 1.54) is 6.07 Å². The molecule has 5 nitrogen and oxygen atoms in total. The van der Waals surface area contributed by atoms with E-state index in [-0.39, 0.29) is 5.09 Å². The van der Waals surface area contributed by atoms with Crippen molar-refractivity contribution < 1.29 is 12.8 Å². The summed E-state index contributed by atoms with van der Waals surface area (Å²) < 4.78 is 32.6. The lowest BCUT2D eigenvalue weighted by molar-refractivity contribution is 0.373. The molecule has 6 heteroatoms. The molecule has 1 fully saturated rings. The van der Waals surface area contributed by atoms with Crippen LogP contribution in [-0.4, -0.2) is 20.5 Å². The van der Waals surface area contributed by atoms with Crippen molar-refractivity contribution in [1.82, 2.24) is 10.0 Å². The molecule has 1 aliphatic rings. The summed E-state index contributed by atoms with van der Waals surface area (Å²) in [7, 11) is -3.57. The lowest BCUT2D eigenvalue weighted by atomic mass is 10.0. The van der Waals surface area contributed by atoms with Crippen LogP contribution in [0.4, 0.5) is 0 Å². The summed E-state index contributed by atoms with van der Waals surface area (Å²) in [5.41, 5.74) is -0.409. The van der Waals surface area contributed by atoms with E-state index in [9.17, 15) is 8.42 Å². The molecule has 2 rings (SSSR count). The summed E-state index contributed by atoms with van der Waals surface area (Å²) in [6, 6.07) is 3.21.